The van der Waals surface area contributed by atoms with E-state index < -0.39 is 6.10 Å². The molecule has 1 aromatic rings. The molecule has 1 saturated heterocycles. The SMILES string of the molecule is Cc1cc(O)c2c3c1C[C@@H]1[C@@H]4CC[C@H](O)[C@H](O2)[C@]34CCN1C. The lowest BCUT2D eigenvalue weighted by molar-refractivity contribution is -0.0994. The molecule has 2 aliphatic carbocycles. The Morgan fingerprint density at radius 3 is 3.00 bits per heavy atom. The molecule has 4 aliphatic rings. The van der Waals surface area contributed by atoms with Gasteiger partial charge in [-0.1, -0.05) is 0 Å². The Hall–Kier alpha value is -1.26. The lowest BCUT2D eigenvalue weighted by Crippen LogP contribution is -2.66. The number of phenols is 1. The largest absolute Gasteiger partial charge is 0.504 e. The Balaban J connectivity index is 1.84. The van der Waals surface area contributed by atoms with E-state index in [1.165, 1.54) is 16.7 Å². The number of aromatic hydroxyl groups is 1. The van der Waals surface area contributed by atoms with Gasteiger partial charge in [-0.05, 0) is 69.3 Å². The highest BCUT2D eigenvalue weighted by Gasteiger charge is 2.65. The van der Waals surface area contributed by atoms with Crippen molar-refractivity contribution in [3.63, 3.8) is 0 Å². The molecule has 1 saturated carbocycles. The van der Waals surface area contributed by atoms with E-state index in [4.69, 9.17) is 4.74 Å². The number of hydrogen-bond acceptors (Lipinski definition) is 4. The molecule has 1 spiro atoms. The van der Waals surface area contributed by atoms with Crippen LogP contribution in [0.2, 0.25) is 0 Å². The number of aliphatic hydroxyl groups excluding tert-OH is 1. The van der Waals surface area contributed by atoms with Crippen LogP contribution in [-0.4, -0.2) is 47.0 Å². The second-order valence-electron chi connectivity index (χ2n) is 7.73. The first kappa shape index (κ1) is 13.2. The number of hydrogen-bond donors (Lipinski definition) is 2. The van der Waals surface area contributed by atoms with E-state index in [2.05, 4.69) is 18.9 Å². The number of benzene rings is 1. The summed E-state index contributed by atoms with van der Waals surface area (Å²) in [5, 5.41) is 21.0. The third kappa shape index (κ3) is 1.29. The van der Waals surface area contributed by atoms with Crippen molar-refractivity contribution in [1.82, 2.24) is 4.90 Å². The Labute approximate surface area is 130 Å². The van der Waals surface area contributed by atoms with Crippen LogP contribution in [0.25, 0.3) is 0 Å². The summed E-state index contributed by atoms with van der Waals surface area (Å²) in [4.78, 5) is 2.50. The van der Waals surface area contributed by atoms with Crippen LogP contribution < -0.4 is 4.74 Å². The van der Waals surface area contributed by atoms with Crippen LogP contribution in [0.3, 0.4) is 0 Å². The summed E-state index contributed by atoms with van der Waals surface area (Å²) in [5.41, 5.74) is 3.68. The maximum atomic E-state index is 10.6. The maximum absolute atomic E-state index is 10.6. The van der Waals surface area contributed by atoms with Crippen LogP contribution in [0.4, 0.5) is 0 Å². The summed E-state index contributed by atoms with van der Waals surface area (Å²) in [7, 11) is 2.23. The van der Waals surface area contributed by atoms with Crippen LogP contribution in [0, 0.1) is 12.8 Å². The number of likely N-dealkylation sites (N-methyl/N-ethyl adjacent to an activating group) is 1. The van der Waals surface area contributed by atoms with E-state index in [0.717, 1.165) is 32.2 Å². The highest BCUT2D eigenvalue weighted by Crippen LogP contribution is 2.64. The Morgan fingerprint density at radius 2 is 2.18 bits per heavy atom. The van der Waals surface area contributed by atoms with Gasteiger partial charge in [-0.25, -0.2) is 0 Å². The number of nitrogens with zero attached hydrogens (tertiary/aromatic N) is 1. The molecule has 5 rings (SSSR count). The maximum Gasteiger partial charge on any atom is 0.165 e. The third-order valence-electron chi connectivity index (χ3n) is 6.92. The van der Waals surface area contributed by atoms with Crippen molar-refractivity contribution in [2.45, 2.75) is 56.3 Å². The minimum Gasteiger partial charge on any atom is -0.504 e. The van der Waals surface area contributed by atoms with Crippen molar-refractivity contribution in [3.05, 3.63) is 22.8 Å². The molecule has 2 bridgehead atoms. The number of piperidine rings is 1. The lowest BCUT2D eigenvalue weighted by Gasteiger charge is -2.58. The quantitative estimate of drug-likeness (QED) is 0.766. The van der Waals surface area contributed by atoms with Crippen molar-refractivity contribution in [3.8, 4) is 11.5 Å². The van der Waals surface area contributed by atoms with E-state index in [9.17, 15) is 10.2 Å². The van der Waals surface area contributed by atoms with Gasteiger partial charge in [0, 0.05) is 17.0 Å². The smallest absolute Gasteiger partial charge is 0.165 e. The number of phenolic OH excluding ortho intramolecular Hbond substituents is 1. The fourth-order valence-corrected chi connectivity index (χ4v) is 5.98. The van der Waals surface area contributed by atoms with Gasteiger partial charge in [-0.15, -0.1) is 0 Å². The molecule has 0 aromatic heterocycles. The zero-order valence-corrected chi connectivity index (χ0v) is 13.2. The first-order valence-electron chi connectivity index (χ1n) is 8.45. The van der Waals surface area contributed by atoms with Crippen molar-refractivity contribution in [2.24, 2.45) is 5.92 Å². The van der Waals surface area contributed by atoms with Gasteiger partial charge < -0.3 is 19.8 Å². The molecule has 2 fully saturated rings. The van der Waals surface area contributed by atoms with Gasteiger partial charge in [0.25, 0.3) is 0 Å². The summed E-state index contributed by atoms with van der Waals surface area (Å²) >= 11 is 0. The van der Waals surface area contributed by atoms with Gasteiger partial charge in [-0.3, -0.25) is 0 Å². The van der Waals surface area contributed by atoms with E-state index in [1.807, 2.05) is 6.07 Å². The number of aliphatic hydroxyl groups is 1. The summed E-state index contributed by atoms with van der Waals surface area (Å²) in [6, 6.07) is 2.37. The predicted octanol–water partition coefficient (Wildman–Crippen LogP) is 1.73. The molecule has 2 aliphatic heterocycles. The highest BCUT2D eigenvalue weighted by molar-refractivity contribution is 5.63. The average molecular weight is 301 g/mol. The molecule has 2 N–H and O–H groups in total. The van der Waals surface area contributed by atoms with Crippen LogP contribution >= 0.6 is 0 Å². The molecule has 4 heteroatoms. The third-order valence-corrected chi connectivity index (χ3v) is 6.92. The zero-order valence-electron chi connectivity index (χ0n) is 13.2. The van der Waals surface area contributed by atoms with Gasteiger partial charge in [0.1, 0.15) is 6.10 Å². The molecule has 2 heterocycles. The second kappa shape index (κ2) is 3.98. The fraction of sp³-hybridized carbons (Fsp3) is 0.667. The summed E-state index contributed by atoms with van der Waals surface area (Å²) < 4.78 is 6.19. The molecule has 1 aromatic carbocycles. The Morgan fingerprint density at radius 1 is 1.36 bits per heavy atom. The van der Waals surface area contributed by atoms with E-state index in [1.54, 1.807) is 0 Å². The van der Waals surface area contributed by atoms with Crippen molar-refractivity contribution in [1.29, 1.82) is 0 Å². The van der Waals surface area contributed by atoms with Gasteiger partial charge in [0.2, 0.25) is 0 Å². The standard InChI is InChI=1S/C18H23NO3/c1-9-7-14(21)16-15-10(9)8-12-11-3-4-13(20)17(22-16)18(11,15)5-6-19(12)2/h7,11-13,17,20-21H,3-6,8H2,1-2H3/t11-,12+,13-,17-,18-/m0/s1. The number of ether oxygens (including phenoxy) is 1. The fourth-order valence-electron chi connectivity index (χ4n) is 5.98. The van der Waals surface area contributed by atoms with Crippen LogP contribution in [0.15, 0.2) is 6.07 Å². The highest BCUT2D eigenvalue weighted by atomic mass is 16.5. The molecular formula is C18H23NO3. The van der Waals surface area contributed by atoms with Crippen molar-refractivity contribution in [2.75, 3.05) is 13.6 Å². The average Bonchev–Trinajstić information content (AvgIpc) is 2.83. The van der Waals surface area contributed by atoms with Crippen LogP contribution in [0.5, 0.6) is 11.5 Å². The molecule has 0 radical (unpaired) electrons. The Kier molecular flexibility index (Phi) is 2.39. The second-order valence-corrected chi connectivity index (χ2v) is 7.73. The van der Waals surface area contributed by atoms with E-state index >= 15 is 0 Å². The van der Waals surface area contributed by atoms with Gasteiger partial charge in [-0.2, -0.15) is 0 Å². The number of aryl methyl sites for hydroxylation is 1. The summed E-state index contributed by atoms with van der Waals surface area (Å²) in [6.07, 6.45) is 3.34. The topological polar surface area (TPSA) is 52.9 Å². The molecule has 0 unspecified atom stereocenters. The normalized spacial score (nSPS) is 42.0. The molecule has 5 atom stereocenters. The first-order valence-corrected chi connectivity index (χ1v) is 8.45. The van der Waals surface area contributed by atoms with Crippen molar-refractivity contribution >= 4 is 0 Å². The summed E-state index contributed by atoms with van der Waals surface area (Å²) in [5.74, 6) is 1.46. The minimum atomic E-state index is -0.418. The van der Waals surface area contributed by atoms with Crippen molar-refractivity contribution < 1.29 is 14.9 Å². The molecule has 22 heavy (non-hydrogen) atoms. The monoisotopic (exact) mass is 301 g/mol. The van der Waals surface area contributed by atoms with Gasteiger partial charge in [0.05, 0.1) is 6.10 Å². The molecule has 0 amide bonds. The Bertz CT molecular complexity index is 673. The number of rotatable bonds is 0. The molecular weight excluding hydrogens is 278 g/mol. The first-order chi connectivity index (χ1) is 10.5. The lowest BCUT2D eigenvalue weighted by atomic mass is 9.51. The summed E-state index contributed by atoms with van der Waals surface area (Å²) in [6.45, 7) is 3.13. The van der Waals surface area contributed by atoms with E-state index in [-0.39, 0.29) is 17.3 Å². The van der Waals surface area contributed by atoms with Crippen LogP contribution in [0.1, 0.15) is 36.0 Å². The minimum absolute atomic E-state index is 0.0821. The number of likely N-dealkylation sites (tertiary alicyclic amines) is 1. The van der Waals surface area contributed by atoms with Gasteiger partial charge >= 0.3 is 0 Å². The van der Waals surface area contributed by atoms with E-state index in [0.29, 0.717) is 17.7 Å². The molecule has 118 valence electrons. The molecule has 4 nitrogen and oxygen atoms in total. The zero-order chi connectivity index (χ0) is 15.2. The van der Waals surface area contributed by atoms with Gasteiger partial charge in [0.15, 0.2) is 11.5 Å². The van der Waals surface area contributed by atoms with Crippen LogP contribution in [-0.2, 0) is 11.8 Å². The predicted molar refractivity (Wildman–Crippen MR) is 82.4 cm³/mol.